The van der Waals surface area contributed by atoms with E-state index in [9.17, 15) is 9.59 Å². The maximum absolute atomic E-state index is 11.9. The Hall–Kier alpha value is -1.38. The van der Waals surface area contributed by atoms with E-state index in [0.29, 0.717) is 18.1 Å². The zero-order valence-corrected chi connectivity index (χ0v) is 14.1. The van der Waals surface area contributed by atoms with Crippen molar-refractivity contribution < 1.29 is 14.3 Å². The van der Waals surface area contributed by atoms with Crippen LogP contribution in [-0.4, -0.2) is 18.9 Å². The second-order valence-corrected chi connectivity index (χ2v) is 6.03. The van der Waals surface area contributed by atoms with Crippen LogP contribution in [0.3, 0.4) is 0 Å². The third-order valence-electron chi connectivity index (χ3n) is 4.33. The average molecular weight is 306 g/mol. The predicted molar refractivity (Wildman–Crippen MR) is 89.5 cm³/mol. The van der Waals surface area contributed by atoms with Crippen LogP contribution in [0.15, 0.2) is 24.3 Å². The van der Waals surface area contributed by atoms with Gasteiger partial charge in [0.2, 0.25) is 0 Å². The Morgan fingerprint density at radius 1 is 1.18 bits per heavy atom. The van der Waals surface area contributed by atoms with Crippen molar-refractivity contribution >= 4 is 11.8 Å². The van der Waals surface area contributed by atoms with Gasteiger partial charge in [-0.2, -0.15) is 0 Å². The lowest BCUT2D eigenvalue weighted by molar-refractivity contribution is -0.140. The quantitative estimate of drug-likeness (QED) is 0.318. The molecule has 124 valence electrons. The highest BCUT2D eigenvalue weighted by Crippen LogP contribution is 2.30. The first-order chi connectivity index (χ1) is 10.7. The lowest BCUT2D eigenvalue weighted by atomic mass is 9.87. The van der Waals surface area contributed by atoms with E-state index in [-0.39, 0.29) is 11.9 Å². The van der Waals surface area contributed by atoms with Gasteiger partial charge in [-0.15, -0.1) is 0 Å². The summed E-state index contributed by atoms with van der Waals surface area (Å²) in [4.78, 5) is 22.9. The number of allylic oxidation sites excluding steroid dienone is 4. The van der Waals surface area contributed by atoms with Gasteiger partial charge in [-0.25, -0.2) is 0 Å². The molecule has 0 aliphatic heterocycles. The molecule has 1 rings (SSSR count). The molecule has 0 aromatic rings. The van der Waals surface area contributed by atoms with E-state index in [1.807, 2.05) is 0 Å². The molecule has 1 aliphatic rings. The normalized spacial score (nSPS) is 20.9. The van der Waals surface area contributed by atoms with Crippen molar-refractivity contribution in [2.24, 2.45) is 11.8 Å². The molecule has 3 nitrogen and oxygen atoms in total. The summed E-state index contributed by atoms with van der Waals surface area (Å²) in [5.41, 5.74) is 0. The van der Waals surface area contributed by atoms with Crippen LogP contribution in [0.5, 0.6) is 0 Å². The van der Waals surface area contributed by atoms with Gasteiger partial charge in [0.15, 0.2) is 5.78 Å². The lowest BCUT2D eigenvalue weighted by Crippen LogP contribution is -2.15. The number of carbonyl (C=O) groups excluding carboxylic acids is 2. The van der Waals surface area contributed by atoms with Crippen LogP contribution in [-0.2, 0) is 14.3 Å². The highest BCUT2D eigenvalue weighted by Gasteiger charge is 2.28. The number of ether oxygens (including phenoxy) is 1. The summed E-state index contributed by atoms with van der Waals surface area (Å²) in [5, 5.41) is 0. The van der Waals surface area contributed by atoms with Crippen molar-refractivity contribution in [3.63, 3.8) is 0 Å². The summed E-state index contributed by atoms with van der Waals surface area (Å²) in [6.45, 7) is 2.11. The van der Waals surface area contributed by atoms with Crippen molar-refractivity contribution in [2.75, 3.05) is 7.11 Å². The maximum atomic E-state index is 11.9. The minimum atomic E-state index is -0.113. The molecule has 2 atom stereocenters. The van der Waals surface area contributed by atoms with Gasteiger partial charge < -0.3 is 4.74 Å². The summed E-state index contributed by atoms with van der Waals surface area (Å²) in [5.74, 6) is 0.771. The molecule has 0 aromatic heterocycles. The van der Waals surface area contributed by atoms with Crippen molar-refractivity contribution in [3.8, 4) is 0 Å². The Balaban J connectivity index is 2.12. The van der Waals surface area contributed by atoms with Crippen molar-refractivity contribution in [1.29, 1.82) is 0 Å². The Bertz CT molecular complexity index is 395. The molecule has 0 bridgehead atoms. The fourth-order valence-corrected chi connectivity index (χ4v) is 2.97. The first-order valence-electron chi connectivity index (χ1n) is 8.62. The third-order valence-corrected chi connectivity index (χ3v) is 4.33. The molecule has 3 heteroatoms. The minimum Gasteiger partial charge on any atom is -0.469 e. The number of ketones is 1. The molecule has 0 saturated carbocycles. The highest BCUT2D eigenvalue weighted by atomic mass is 16.5. The van der Waals surface area contributed by atoms with Crippen LogP contribution < -0.4 is 0 Å². The van der Waals surface area contributed by atoms with Crippen LogP contribution in [0.2, 0.25) is 0 Å². The molecule has 0 heterocycles. The van der Waals surface area contributed by atoms with Gasteiger partial charge in [0.05, 0.1) is 7.11 Å². The molecule has 0 spiro atoms. The number of unbranched alkanes of at least 4 members (excludes halogenated alkanes) is 4. The van der Waals surface area contributed by atoms with Crippen molar-refractivity contribution in [2.45, 2.75) is 64.7 Å². The van der Waals surface area contributed by atoms with Crippen LogP contribution in [0.1, 0.15) is 64.7 Å². The van der Waals surface area contributed by atoms with Gasteiger partial charge in [-0.3, -0.25) is 9.59 Å². The van der Waals surface area contributed by atoms with Gasteiger partial charge in [0.1, 0.15) is 0 Å². The summed E-state index contributed by atoms with van der Waals surface area (Å²) < 4.78 is 4.62. The molecule has 22 heavy (non-hydrogen) atoms. The van der Waals surface area contributed by atoms with Gasteiger partial charge in [0.25, 0.3) is 0 Å². The van der Waals surface area contributed by atoms with E-state index in [1.54, 1.807) is 6.08 Å². The first-order valence-corrected chi connectivity index (χ1v) is 8.62. The SMILES string of the molecule is CC/C=C\C[C@@H]1C(=O)C=C[C@@H]1CCCCCCCC(=O)OC. The maximum Gasteiger partial charge on any atom is 0.305 e. The largest absolute Gasteiger partial charge is 0.469 e. The van der Waals surface area contributed by atoms with E-state index in [1.165, 1.54) is 13.5 Å². The summed E-state index contributed by atoms with van der Waals surface area (Å²) in [7, 11) is 1.44. The molecule has 0 unspecified atom stereocenters. The number of rotatable bonds is 11. The molecule has 0 fully saturated rings. The first kappa shape index (κ1) is 18.7. The monoisotopic (exact) mass is 306 g/mol. The second-order valence-electron chi connectivity index (χ2n) is 6.03. The van der Waals surface area contributed by atoms with Crippen LogP contribution in [0, 0.1) is 11.8 Å². The van der Waals surface area contributed by atoms with Crippen LogP contribution >= 0.6 is 0 Å². The van der Waals surface area contributed by atoms with Gasteiger partial charge >= 0.3 is 5.97 Å². The molecule has 1 aliphatic carbocycles. The summed E-state index contributed by atoms with van der Waals surface area (Å²) in [6.07, 6.45) is 17.2. The fourth-order valence-electron chi connectivity index (χ4n) is 2.97. The zero-order chi connectivity index (χ0) is 16.2. The Labute approximate surface area is 134 Å². The molecule has 0 amide bonds. The van der Waals surface area contributed by atoms with E-state index < -0.39 is 0 Å². The van der Waals surface area contributed by atoms with Crippen LogP contribution in [0.4, 0.5) is 0 Å². The van der Waals surface area contributed by atoms with Gasteiger partial charge in [0, 0.05) is 12.3 Å². The molecule has 0 aromatic carbocycles. The summed E-state index contributed by atoms with van der Waals surface area (Å²) in [6, 6.07) is 0. The third kappa shape index (κ3) is 7.06. The van der Waals surface area contributed by atoms with E-state index in [2.05, 4.69) is 29.9 Å². The summed E-state index contributed by atoms with van der Waals surface area (Å²) >= 11 is 0. The van der Waals surface area contributed by atoms with Gasteiger partial charge in [-0.05, 0) is 37.7 Å². The fraction of sp³-hybridized carbons (Fsp3) is 0.684. The Morgan fingerprint density at radius 3 is 2.64 bits per heavy atom. The molecular formula is C19H30O3. The number of carbonyl (C=O) groups is 2. The van der Waals surface area contributed by atoms with E-state index >= 15 is 0 Å². The highest BCUT2D eigenvalue weighted by molar-refractivity contribution is 5.94. The predicted octanol–water partition coefficient (Wildman–Crippen LogP) is 4.62. The van der Waals surface area contributed by atoms with Crippen molar-refractivity contribution in [1.82, 2.24) is 0 Å². The molecular weight excluding hydrogens is 276 g/mol. The topological polar surface area (TPSA) is 43.4 Å². The molecule has 0 radical (unpaired) electrons. The number of esters is 1. The molecule has 0 saturated heterocycles. The van der Waals surface area contributed by atoms with Crippen LogP contribution in [0.25, 0.3) is 0 Å². The second kappa shape index (κ2) is 11.2. The lowest BCUT2D eigenvalue weighted by Gasteiger charge is -2.16. The Morgan fingerprint density at radius 2 is 1.91 bits per heavy atom. The number of hydrogen-bond donors (Lipinski definition) is 0. The standard InChI is InChI=1S/C19H30O3/c1-3-4-8-12-17-16(14-15-18(17)20)11-9-6-5-7-10-13-19(21)22-2/h4,8,14-17H,3,5-7,9-13H2,1-2H3/b8-4-/t16-,17-/m0/s1. The zero-order valence-electron chi connectivity index (χ0n) is 14.1. The average Bonchev–Trinajstić information content (AvgIpc) is 2.87. The molecule has 0 N–H and O–H groups in total. The smallest absolute Gasteiger partial charge is 0.305 e. The Kier molecular flexibility index (Phi) is 9.52. The minimum absolute atomic E-state index is 0.113. The number of hydrogen-bond acceptors (Lipinski definition) is 3. The van der Waals surface area contributed by atoms with E-state index in [4.69, 9.17) is 0 Å². The number of methoxy groups -OCH3 is 1. The van der Waals surface area contributed by atoms with Gasteiger partial charge in [-0.1, -0.05) is 50.8 Å². The van der Waals surface area contributed by atoms with Crippen molar-refractivity contribution in [3.05, 3.63) is 24.3 Å². The van der Waals surface area contributed by atoms with E-state index in [0.717, 1.165) is 44.9 Å².